The molecule has 0 spiro atoms. The van der Waals surface area contributed by atoms with E-state index < -0.39 is 18.2 Å². The molecule has 0 saturated carbocycles. The number of methoxy groups -OCH3 is 2. The van der Waals surface area contributed by atoms with Crippen molar-refractivity contribution >= 4 is 34.8 Å². The Morgan fingerprint density at radius 2 is 1.42 bits per heavy atom. The molecule has 4 N–H and O–H groups in total. The van der Waals surface area contributed by atoms with E-state index in [9.17, 15) is 19.2 Å². The first-order chi connectivity index (χ1) is 29.2. The maximum Gasteiger partial charge on any atom is 0.407 e. The van der Waals surface area contributed by atoms with Crippen molar-refractivity contribution in [3.63, 3.8) is 0 Å². The molecule has 2 heterocycles. The number of nitrogens with zero attached hydrogens (tertiary/aromatic N) is 4. The van der Waals surface area contributed by atoms with Gasteiger partial charge in [-0.15, -0.1) is 0 Å². The molecule has 0 bridgehead atoms. The number of nitrogens with one attached hydrogen (secondary N) is 4. The third kappa shape index (κ3) is 9.33. The number of carbonyl (C=O) groups excluding carboxylic acids is 4. The average molecular weight is 811 g/mol. The number of benzene rings is 4. The predicted molar refractivity (Wildman–Crippen MR) is 229 cm³/mol. The number of aromatic amines is 2. The van der Waals surface area contributed by atoms with E-state index in [1.54, 1.807) is 16.0 Å². The van der Waals surface area contributed by atoms with Gasteiger partial charge in [-0.05, 0) is 70.8 Å². The summed E-state index contributed by atoms with van der Waals surface area (Å²) in [5.74, 6) is 0.901. The van der Waals surface area contributed by atoms with Gasteiger partial charge in [0.25, 0.3) is 0 Å². The van der Waals surface area contributed by atoms with Crippen LogP contribution in [-0.2, 0) is 45.0 Å². The van der Waals surface area contributed by atoms with Crippen molar-refractivity contribution in [2.45, 2.75) is 58.7 Å². The number of H-pyrrole nitrogens is 2. The van der Waals surface area contributed by atoms with E-state index in [1.165, 1.54) is 19.8 Å². The van der Waals surface area contributed by atoms with Crippen molar-refractivity contribution < 1.29 is 28.7 Å². The van der Waals surface area contributed by atoms with E-state index >= 15 is 0 Å². The topological polar surface area (TPSA) is 175 Å². The Hall–Kier alpha value is -6.96. The lowest BCUT2D eigenvalue weighted by atomic mass is 9.89. The molecule has 0 radical (unpaired) electrons. The smallest absolute Gasteiger partial charge is 0.407 e. The number of hydrogen-bond donors (Lipinski definition) is 4. The SMILES string of the molecule is CCCN(Cc1nc2c([nH]1)-c1ccc(-c3ccc4cc(-c5cnc(CN(CCC)C(=O)[C@H](NC(=O)OC)c6ccccc6)[nH]5)ccc4c3)cc1CC2)C(=O)CNC(=O)OC. The zero-order chi connectivity index (χ0) is 42.2. The van der Waals surface area contributed by atoms with Crippen LogP contribution in [0.3, 0.4) is 0 Å². The molecule has 4 aromatic carbocycles. The number of amides is 4. The van der Waals surface area contributed by atoms with Gasteiger partial charge in [-0.2, -0.15) is 0 Å². The van der Waals surface area contributed by atoms with Crippen molar-refractivity contribution in [2.24, 2.45) is 0 Å². The Kier molecular flexibility index (Phi) is 12.9. The number of alkyl carbamates (subject to hydrolysis) is 2. The molecule has 1 aliphatic carbocycles. The summed E-state index contributed by atoms with van der Waals surface area (Å²) < 4.78 is 9.43. The molecule has 0 fully saturated rings. The molecule has 0 saturated heterocycles. The molecular formula is C46H50N8O6. The molecular weight excluding hydrogens is 761 g/mol. The number of aryl methyl sites for hydroxylation is 2. The molecule has 1 aliphatic rings. The van der Waals surface area contributed by atoms with E-state index in [4.69, 9.17) is 9.72 Å². The Labute approximate surface area is 348 Å². The minimum atomic E-state index is -0.902. The Bertz CT molecular complexity index is 2500. The predicted octanol–water partition coefficient (Wildman–Crippen LogP) is 7.32. The van der Waals surface area contributed by atoms with Crippen LogP contribution in [0, 0.1) is 0 Å². The van der Waals surface area contributed by atoms with E-state index in [2.05, 4.69) is 84.9 Å². The molecule has 6 aromatic rings. The number of rotatable bonds is 15. The fourth-order valence-corrected chi connectivity index (χ4v) is 7.69. The third-order valence-electron chi connectivity index (χ3n) is 10.7. The first-order valence-electron chi connectivity index (χ1n) is 20.2. The minimum absolute atomic E-state index is 0.139. The van der Waals surface area contributed by atoms with Crippen LogP contribution in [0.1, 0.15) is 61.2 Å². The lowest BCUT2D eigenvalue weighted by Crippen LogP contribution is -2.43. The molecule has 310 valence electrons. The fraction of sp³-hybridized carbons (Fsp3) is 0.304. The molecule has 7 rings (SSSR count). The van der Waals surface area contributed by atoms with Gasteiger partial charge < -0.3 is 39.9 Å². The Balaban J connectivity index is 1.04. The van der Waals surface area contributed by atoms with Gasteiger partial charge in [-0.1, -0.05) is 86.6 Å². The second-order valence-corrected chi connectivity index (χ2v) is 14.8. The maximum atomic E-state index is 13.9. The standard InChI is InChI=1S/C46H50N8O6/c1-5-20-53(41(55)26-48-45(57)59-3)28-40-49-37-19-17-34-23-33(16-18-36(34)43(37)51-40)30-12-13-32-24-35(15-14-31(32)22-30)38-25-47-39(50-38)27-54(21-6-2)44(56)42(52-46(58)60-4)29-10-8-7-9-11-29/h7-16,18,22-25,42H,5-6,17,19-21,26-28H2,1-4H3,(H,47,50)(H,48,57)(H,49,51)(H,52,58)/t42-/m1/s1. The number of fused-ring (bicyclic) bond motifs is 4. The summed E-state index contributed by atoms with van der Waals surface area (Å²) in [6, 6.07) is 27.6. The van der Waals surface area contributed by atoms with Crippen molar-refractivity contribution in [1.82, 2.24) is 40.4 Å². The second-order valence-electron chi connectivity index (χ2n) is 14.8. The van der Waals surface area contributed by atoms with Gasteiger partial charge in [0, 0.05) is 24.2 Å². The van der Waals surface area contributed by atoms with Crippen LogP contribution in [0.25, 0.3) is 44.4 Å². The highest BCUT2D eigenvalue weighted by Crippen LogP contribution is 2.36. The zero-order valence-electron chi connectivity index (χ0n) is 34.3. The summed E-state index contributed by atoms with van der Waals surface area (Å²) in [5, 5.41) is 7.36. The van der Waals surface area contributed by atoms with E-state index in [0.29, 0.717) is 36.8 Å². The summed E-state index contributed by atoms with van der Waals surface area (Å²) in [4.78, 5) is 70.3. The Morgan fingerprint density at radius 3 is 2.15 bits per heavy atom. The molecule has 4 amide bonds. The van der Waals surface area contributed by atoms with Crippen LogP contribution in [0.2, 0.25) is 0 Å². The highest BCUT2D eigenvalue weighted by Gasteiger charge is 2.29. The summed E-state index contributed by atoms with van der Waals surface area (Å²) in [5.41, 5.74) is 9.04. The number of hydrogen-bond acceptors (Lipinski definition) is 8. The van der Waals surface area contributed by atoms with Crippen molar-refractivity contribution in [2.75, 3.05) is 33.9 Å². The van der Waals surface area contributed by atoms with Crippen LogP contribution >= 0.6 is 0 Å². The van der Waals surface area contributed by atoms with E-state index in [1.807, 2.05) is 44.2 Å². The molecule has 14 nitrogen and oxygen atoms in total. The molecule has 60 heavy (non-hydrogen) atoms. The third-order valence-corrected chi connectivity index (χ3v) is 10.7. The van der Waals surface area contributed by atoms with Gasteiger partial charge in [-0.3, -0.25) is 9.59 Å². The first kappa shape index (κ1) is 41.2. The number of aromatic nitrogens is 4. The van der Waals surface area contributed by atoms with Gasteiger partial charge in [-0.25, -0.2) is 19.6 Å². The lowest BCUT2D eigenvalue weighted by Gasteiger charge is -2.27. The highest BCUT2D eigenvalue weighted by atomic mass is 16.5. The summed E-state index contributed by atoms with van der Waals surface area (Å²) in [7, 11) is 2.54. The fourth-order valence-electron chi connectivity index (χ4n) is 7.69. The normalized spacial score (nSPS) is 12.2. The maximum absolute atomic E-state index is 13.9. The van der Waals surface area contributed by atoms with Crippen LogP contribution in [-0.4, -0.2) is 87.6 Å². The quantitative estimate of drug-likeness (QED) is 0.0835. The van der Waals surface area contributed by atoms with Gasteiger partial charge in [0.15, 0.2) is 0 Å². The van der Waals surface area contributed by atoms with Gasteiger partial charge in [0.1, 0.15) is 24.2 Å². The van der Waals surface area contributed by atoms with Crippen molar-refractivity contribution in [3.8, 4) is 33.6 Å². The Morgan fingerprint density at radius 1 is 0.750 bits per heavy atom. The summed E-state index contributed by atoms with van der Waals surface area (Å²) in [6.07, 6.45) is 3.61. The monoisotopic (exact) mass is 810 g/mol. The van der Waals surface area contributed by atoms with E-state index in [0.717, 1.165) is 75.8 Å². The molecule has 14 heteroatoms. The average Bonchev–Trinajstić information content (AvgIpc) is 3.93. The molecule has 0 aliphatic heterocycles. The summed E-state index contributed by atoms with van der Waals surface area (Å²) in [6.45, 7) is 5.46. The lowest BCUT2D eigenvalue weighted by molar-refractivity contribution is -0.134. The molecule has 2 aromatic heterocycles. The van der Waals surface area contributed by atoms with Crippen LogP contribution in [0.5, 0.6) is 0 Å². The van der Waals surface area contributed by atoms with Crippen LogP contribution in [0.15, 0.2) is 91.1 Å². The largest absolute Gasteiger partial charge is 0.453 e. The minimum Gasteiger partial charge on any atom is -0.453 e. The molecule has 0 unspecified atom stereocenters. The number of carbonyl (C=O) groups is 4. The summed E-state index contributed by atoms with van der Waals surface area (Å²) >= 11 is 0. The molecule has 1 atom stereocenters. The van der Waals surface area contributed by atoms with Gasteiger partial charge in [0.2, 0.25) is 11.8 Å². The van der Waals surface area contributed by atoms with Gasteiger partial charge >= 0.3 is 12.2 Å². The van der Waals surface area contributed by atoms with Crippen molar-refractivity contribution in [3.05, 3.63) is 120 Å². The van der Waals surface area contributed by atoms with Gasteiger partial charge in [0.05, 0.1) is 50.6 Å². The van der Waals surface area contributed by atoms with Crippen LogP contribution < -0.4 is 10.6 Å². The van der Waals surface area contributed by atoms with E-state index in [-0.39, 0.29) is 24.9 Å². The second kappa shape index (κ2) is 18.7. The first-order valence-corrected chi connectivity index (χ1v) is 20.2. The zero-order valence-corrected chi connectivity index (χ0v) is 34.3. The van der Waals surface area contributed by atoms with Crippen molar-refractivity contribution in [1.29, 1.82) is 0 Å². The number of ether oxygens (including phenoxy) is 2. The van der Waals surface area contributed by atoms with Crippen LogP contribution in [0.4, 0.5) is 9.59 Å². The number of imidazole rings is 2. The highest BCUT2D eigenvalue weighted by molar-refractivity contribution is 5.91.